The number of hydrogen-bond donors (Lipinski definition) is 2. The number of nitrogens with zero attached hydrogens (tertiary/aromatic N) is 1. The van der Waals surface area contributed by atoms with Crippen molar-refractivity contribution in [1.82, 2.24) is 9.88 Å². The summed E-state index contributed by atoms with van der Waals surface area (Å²) >= 11 is 0. The Hall–Kier alpha value is -1.79. The van der Waals surface area contributed by atoms with E-state index in [0.717, 1.165) is 16.8 Å². The molecule has 0 unspecified atom stereocenters. The van der Waals surface area contributed by atoms with Crippen LogP contribution >= 0.6 is 0 Å². The van der Waals surface area contributed by atoms with Crippen LogP contribution in [0.25, 0.3) is 0 Å². The number of anilines is 1. The number of aromatic nitrogens is 1. The molecule has 0 fully saturated rings. The first-order valence-corrected chi connectivity index (χ1v) is 8.21. The summed E-state index contributed by atoms with van der Waals surface area (Å²) in [5.41, 5.74) is 3.68. The molecule has 0 radical (unpaired) electrons. The van der Waals surface area contributed by atoms with Crippen molar-refractivity contribution < 1.29 is 8.42 Å². The smallest absolute Gasteiger partial charge is 0.263 e. The van der Waals surface area contributed by atoms with Gasteiger partial charge in [0.05, 0.1) is 0 Å². The fourth-order valence-electron chi connectivity index (χ4n) is 2.10. The monoisotopic (exact) mass is 307 g/mol. The Labute approximate surface area is 126 Å². The normalized spacial score (nSPS) is 11.6. The van der Waals surface area contributed by atoms with Gasteiger partial charge in [0, 0.05) is 31.2 Å². The minimum atomic E-state index is -3.56. The minimum absolute atomic E-state index is 0.272. The van der Waals surface area contributed by atoms with Gasteiger partial charge in [-0.1, -0.05) is 6.07 Å². The molecule has 0 bridgehead atoms. The zero-order valence-corrected chi connectivity index (χ0v) is 13.6. The second-order valence-electron chi connectivity index (χ2n) is 5.21. The number of nitrogens with one attached hydrogen (secondary N) is 2. The van der Waals surface area contributed by atoms with Gasteiger partial charge in [-0.05, 0) is 50.2 Å². The standard InChI is InChI=1S/C15H21N3O2S/c1-11-5-6-13(7-12(11)2)17-21(19,20)15-8-14(9-16-3)18(4)10-15/h5-8,10,16-17H,9H2,1-4H3. The molecule has 2 rings (SSSR count). The number of aryl methyl sites for hydroxylation is 3. The van der Waals surface area contributed by atoms with Gasteiger partial charge in [-0.25, -0.2) is 8.42 Å². The quantitative estimate of drug-likeness (QED) is 0.890. The Kier molecular flexibility index (Phi) is 4.39. The van der Waals surface area contributed by atoms with Crippen LogP contribution in [-0.2, 0) is 23.6 Å². The van der Waals surface area contributed by atoms with Crippen LogP contribution in [-0.4, -0.2) is 20.0 Å². The van der Waals surface area contributed by atoms with Gasteiger partial charge in [-0.3, -0.25) is 4.72 Å². The Morgan fingerprint density at radius 2 is 1.86 bits per heavy atom. The Morgan fingerprint density at radius 1 is 1.14 bits per heavy atom. The van der Waals surface area contributed by atoms with E-state index in [1.165, 1.54) is 0 Å². The zero-order valence-electron chi connectivity index (χ0n) is 12.8. The third kappa shape index (κ3) is 3.46. The van der Waals surface area contributed by atoms with Crippen molar-refractivity contribution in [2.24, 2.45) is 7.05 Å². The van der Waals surface area contributed by atoms with Crippen molar-refractivity contribution in [3.63, 3.8) is 0 Å². The molecule has 114 valence electrons. The van der Waals surface area contributed by atoms with Crippen LogP contribution in [0.5, 0.6) is 0 Å². The SMILES string of the molecule is CNCc1cc(S(=O)(=O)Nc2ccc(C)c(C)c2)cn1C. The summed E-state index contributed by atoms with van der Waals surface area (Å²) in [6.07, 6.45) is 1.62. The first-order valence-electron chi connectivity index (χ1n) is 6.73. The van der Waals surface area contributed by atoms with Gasteiger partial charge in [0.25, 0.3) is 10.0 Å². The lowest BCUT2D eigenvalue weighted by Gasteiger charge is -2.08. The first-order chi connectivity index (χ1) is 9.83. The van der Waals surface area contributed by atoms with E-state index in [0.29, 0.717) is 12.2 Å². The molecule has 2 aromatic rings. The second-order valence-corrected chi connectivity index (χ2v) is 6.90. The lowest BCUT2D eigenvalue weighted by Crippen LogP contribution is -2.12. The molecule has 2 N–H and O–H groups in total. The largest absolute Gasteiger partial charge is 0.352 e. The molecule has 0 atom stereocenters. The highest BCUT2D eigenvalue weighted by molar-refractivity contribution is 7.92. The van der Waals surface area contributed by atoms with Gasteiger partial charge in [0.1, 0.15) is 4.90 Å². The van der Waals surface area contributed by atoms with Crippen molar-refractivity contribution in [1.29, 1.82) is 0 Å². The van der Waals surface area contributed by atoms with E-state index in [1.807, 2.05) is 44.6 Å². The maximum Gasteiger partial charge on any atom is 0.263 e. The van der Waals surface area contributed by atoms with Crippen LogP contribution in [0.15, 0.2) is 35.4 Å². The molecule has 0 saturated carbocycles. The van der Waals surface area contributed by atoms with Gasteiger partial charge in [0.15, 0.2) is 0 Å². The summed E-state index contributed by atoms with van der Waals surface area (Å²) in [6, 6.07) is 7.20. The maximum absolute atomic E-state index is 12.4. The van der Waals surface area contributed by atoms with Crippen molar-refractivity contribution in [2.45, 2.75) is 25.3 Å². The molecule has 0 saturated heterocycles. The van der Waals surface area contributed by atoms with Gasteiger partial charge < -0.3 is 9.88 Å². The summed E-state index contributed by atoms with van der Waals surface area (Å²) < 4.78 is 29.3. The molecule has 1 aromatic carbocycles. The molecule has 0 aliphatic carbocycles. The van der Waals surface area contributed by atoms with Crippen LogP contribution in [0.2, 0.25) is 0 Å². The molecule has 1 aromatic heterocycles. The molecular weight excluding hydrogens is 286 g/mol. The summed E-state index contributed by atoms with van der Waals surface area (Å²) in [5, 5.41) is 3.02. The van der Waals surface area contributed by atoms with E-state index in [1.54, 1.807) is 18.3 Å². The Morgan fingerprint density at radius 3 is 2.48 bits per heavy atom. The third-order valence-electron chi connectivity index (χ3n) is 3.51. The predicted octanol–water partition coefficient (Wildman–Crippen LogP) is 2.16. The van der Waals surface area contributed by atoms with E-state index in [2.05, 4.69) is 10.0 Å². The van der Waals surface area contributed by atoms with Crippen molar-refractivity contribution in [3.05, 3.63) is 47.3 Å². The molecule has 0 aliphatic heterocycles. The average molecular weight is 307 g/mol. The molecule has 6 heteroatoms. The van der Waals surface area contributed by atoms with Crippen molar-refractivity contribution >= 4 is 15.7 Å². The molecular formula is C15H21N3O2S. The number of sulfonamides is 1. The van der Waals surface area contributed by atoms with Crippen LogP contribution in [0, 0.1) is 13.8 Å². The molecule has 0 aliphatic rings. The van der Waals surface area contributed by atoms with E-state index in [9.17, 15) is 8.42 Å². The Bertz CT molecular complexity index is 748. The van der Waals surface area contributed by atoms with Crippen LogP contribution in [0.4, 0.5) is 5.69 Å². The van der Waals surface area contributed by atoms with E-state index in [-0.39, 0.29) is 4.90 Å². The highest BCUT2D eigenvalue weighted by Crippen LogP contribution is 2.20. The summed E-state index contributed by atoms with van der Waals surface area (Å²) in [7, 11) is 0.101. The van der Waals surface area contributed by atoms with E-state index in [4.69, 9.17) is 0 Å². The predicted molar refractivity (Wildman–Crippen MR) is 84.9 cm³/mol. The number of benzene rings is 1. The minimum Gasteiger partial charge on any atom is -0.352 e. The maximum atomic E-state index is 12.4. The van der Waals surface area contributed by atoms with Crippen LogP contribution in [0.3, 0.4) is 0 Å². The highest BCUT2D eigenvalue weighted by atomic mass is 32.2. The van der Waals surface area contributed by atoms with Gasteiger partial charge in [0.2, 0.25) is 0 Å². The second kappa shape index (κ2) is 5.91. The molecule has 5 nitrogen and oxygen atoms in total. The zero-order chi connectivity index (χ0) is 15.6. The van der Waals surface area contributed by atoms with Crippen molar-refractivity contribution in [3.8, 4) is 0 Å². The van der Waals surface area contributed by atoms with E-state index < -0.39 is 10.0 Å². The fourth-order valence-corrected chi connectivity index (χ4v) is 3.24. The summed E-state index contributed by atoms with van der Waals surface area (Å²) in [6.45, 7) is 4.57. The number of hydrogen-bond acceptors (Lipinski definition) is 3. The first kappa shape index (κ1) is 15.6. The number of rotatable bonds is 5. The lowest BCUT2D eigenvalue weighted by molar-refractivity contribution is 0.601. The molecule has 21 heavy (non-hydrogen) atoms. The summed E-state index contributed by atoms with van der Waals surface area (Å²) in [5.74, 6) is 0. The Balaban J connectivity index is 2.29. The molecule has 0 amide bonds. The van der Waals surface area contributed by atoms with E-state index >= 15 is 0 Å². The molecule has 1 heterocycles. The molecule has 0 spiro atoms. The van der Waals surface area contributed by atoms with Gasteiger partial charge in [-0.15, -0.1) is 0 Å². The average Bonchev–Trinajstić information content (AvgIpc) is 2.77. The topological polar surface area (TPSA) is 63.1 Å². The third-order valence-corrected chi connectivity index (χ3v) is 4.86. The van der Waals surface area contributed by atoms with Crippen LogP contribution < -0.4 is 10.0 Å². The highest BCUT2D eigenvalue weighted by Gasteiger charge is 2.17. The van der Waals surface area contributed by atoms with Crippen LogP contribution in [0.1, 0.15) is 16.8 Å². The van der Waals surface area contributed by atoms with Gasteiger partial charge >= 0.3 is 0 Å². The van der Waals surface area contributed by atoms with Gasteiger partial charge in [-0.2, -0.15) is 0 Å². The van der Waals surface area contributed by atoms with Crippen molar-refractivity contribution in [2.75, 3.05) is 11.8 Å². The lowest BCUT2D eigenvalue weighted by atomic mass is 10.1. The fraction of sp³-hybridized carbons (Fsp3) is 0.333. The summed E-state index contributed by atoms with van der Waals surface area (Å²) in [4.78, 5) is 0.272.